The number of ketones is 1. The standard InChI is InChI=1S/C14H19FN2O2/c1-8-4-12(13(15)6-17-8)14(16)7-19-9(2)5-11(14)10(3)18/h4,6,9,11H,5,7,16H2,1-3H3/t9-,11-,14-/m0/s1. The van der Waals surface area contributed by atoms with Gasteiger partial charge in [0.15, 0.2) is 0 Å². The zero-order valence-electron chi connectivity index (χ0n) is 11.4. The largest absolute Gasteiger partial charge is 0.376 e. The molecule has 3 atom stereocenters. The summed E-state index contributed by atoms with van der Waals surface area (Å²) in [5.74, 6) is -0.962. The van der Waals surface area contributed by atoms with Gasteiger partial charge in [0.25, 0.3) is 0 Å². The van der Waals surface area contributed by atoms with Crippen molar-refractivity contribution in [2.45, 2.75) is 38.8 Å². The molecule has 2 heterocycles. The van der Waals surface area contributed by atoms with Crippen molar-refractivity contribution in [2.75, 3.05) is 6.61 Å². The lowest BCUT2D eigenvalue weighted by Crippen LogP contribution is -2.55. The van der Waals surface area contributed by atoms with Crippen LogP contribution >= 0.6 is 0 Å². The maximum Gasteiger partial charge on any atom is 0.146 e. The van der Waals surface area contributed by atoms with Crippen molar-refractivity contribution in [3.05, 3.63) is 29.3 Å². The lowest BCUT2D eigenvalue weighted by molar-refractivity contribution is -0.132. The maximum atomic E-state index is 14.0. The fourth-order valence-electron chi connectivity index (χ4n) is 2.68. The highest BCUT2D eigenvalue weighted by Crippen LogP contribution is 2.37. The Labute approximate surface area is 112 Å². The molecule has 1 aromatic rings. The Kier molecular flexibility index (Phi) is 3.69. The summed E-state index contributed by atoms with van der Waals surface area (Å²) in [4.78, 5) is 15.7. The molecular formula is C14H19FN2O2. The second kappa shape index (κ2) is 4.98. The van der Waals surface area contributed by atoms with Crippen LogP contribution < -0.4 is 5.73 Å². The van der Waals surface area contributed by atoms with Crippen LogP contribution in [0, 0.1) is 18.7 Å². The highest BCUT2D eigenvalue weighted by Gasteiger charge is 2.45. The number of hydrogen-bond acceptors (Lipinski definition) is 4. The Hall–Kier alpha value is -1.33. The van der Waals surface area contributed by atoms with Gasteiger partial charge in [0.05, 0.1) is 24.4 Å². The number of aryl methyl sites for hydroxylation is 1. The van der Waals surface area contributed by atoms with E-state index in [9.17, 15) is 9.18 Å². The van der Waals surface area contributed by atoms with E-state index < -0.39 is 17.3 Å². The summed E-state index contributed by atoms with van der Waals surface area (Å²) in [6.07, 6.45) is 1.61. The summed E-state index contributed by atoms with van der Waals surface area (Å²) in [5, 5.41) is 0. The molecule has 0 saturated carbocycles. The first-order valence-corrected chi connectivity index (χ1v) is 6.38. The minimum atomic E-state index is -1.11. The Bertz CT molecular complexity index is 506. The van der Waals surface area contributed by atoms with Crippen molar-refractivity contribution in [3.8, 4) is 0 Å². The fraction of sp³-hybridized carbons (Fsp3) is 0.571. The molecule has 1 aliphatic rings. The molecule has 1 fully saturated rings. The van der Waals surface area contributed by atoms with Crippen molar-refractivity contribution < 1.29 is 13.9 Å². The van der Waals surface area contributed by atoms with E-state index in [0.29, 0.717) is 17.7 Å². The molecule has 4 nitrogen and oxygen atoms in total. The van der Waals surface area contributed by atoms with Gasteiger partial charge in [-0.1, -0.05) is 0 Å². The van der Waals surface area contributed by atoms with Crippen LogP contribution in [0.2, 0.25) is 0 Å². The van der Waals surface area contributed by atoms with E-state index in [1.165, 1.54) is 6.92 Å². The van der Waals surface area contributed by atoms with Gasteiger partial charge in [0.2, 0.25) is 0 Å². The molecule has 1 saturated heterocycles. The summed E-state index contributed by atoms with van der Waals surface area (Å²) < 4.78 is 19.6. The van der Waals surface area contributed by atoms with E-state index >= 15 is 0 Å². The van der Waals surface area contributed by atoms with Gasteiger partial charge in [-0.2, -0.15) is 0 Å². The van der Waals surface area contributed by atoms with E-state index in [4.69, 9.17) is 10.5 Å². The van der Waals surface area contributed by atoms with Gasteiger partial charge < -0.3 is 10.5 Å². The number of pyridine rings is 1. The number of nitrogens with zero attached hydrogens (tertiary/aromatic N) is 1. The van der Waals surface area contributed by atoms with Crippen molar-refractivity contribution in [1.29, 1.82) is 0 Å². The van der Waals surface area contributed by atoms with Crippen molar-refractivity contribution >= 4 is 5.78 Å². The van der Waals surface area contributed by atoms with Crippen LogP contribution in [0.3, 0.4) is 0 Å². The monoisotopic (exact) mass is 266 g/mol. The number of hydrogen-bond donors (Lipinski definition) is 1. The predicted octanol–water partition coefficient (Wildman–Crippen LogP) is 1.70. The fourth-order valence-corrected chi connectivity index (χ4v) is 2.68. The number of Topliss-reactive ketones (excluding diaryl/α,β-unsaturated/α-hetero) is 1. The first kappa shape index (κ1) is 14.1. The molecule has 0 amide bonds. The summed E-state index contributed by atoms with van der Waals surface area (Å²) in [5.41, 5.74) is 6.21. The first-order valence-electron chi connectivity index (χ1n) is 6.38. The minimum Gasteiger partial charge on any atom is -0.376 e. The molecule has 0 unspecified atom stereocenters. The molecule has 5 heteroatoms. The van der Waals surface area contributed by atoms with Gasteiger partial charge in [-0.05, 0) is 33.3 Å². The van der Waals surface area contributed by atoms with Crippen molar-refractivity contribution in [2.24, 2.45) is 11.7 Å². The second-order valence-electron chi connectivity index (χ2n) is 5.37. The van der Waals surface area contributed by atoms with Gasteiger partial charge in [-0.3, -0.25) is 9.78 Å². The van der Waals surface area contributed by atoms with Crippen LogP contribution in [-0.4, -0.2) is 23.5 Å². The summed E-state index contributed by atoms with van der Waals surface area (Å²) in [6, 6.07) is 1.60. The van der Waals surface area contributed by atoms with E-state index in [1.807, 2.05) is 6.92 Å². The number of ether oxygens (including phenoxy) is 1. The third-order valence-electron chi connectivity index (χ3n) is 3.78. The number of nitrogens with two attached hydrogens (primary N) is 1. The van der Waals surface area contributed by atoms with Gasteiger partial charge in [-0.25, -0.2) is 4.39 Å². The third-order valence-corrected chi connectivity index (χ3v) is 3.78. The van der Waals surface area contributed by atoms with Crippen LogP contribution in [0.5, 0.6) is 0 Å². The Morgan fingerprint density at radius 1 is 1.63 bits per heavy atom. The molecule has 2 N–H and O–H groups in total. The van der Waals surface area contributed by atoms with E-state index in [2.05, 4.69) is 4.98 Å². The van der Waals surface area contributed by atoms with Crippen LogP contribution in [-0.2, 0) is 15.1 Å². The Morgan fingerprint density at radius 3 is 2.95 bits per heavy atom. The normalized spacial score (nSPS) is 31.2. The van der Waals surface area contributed by atoms with Gasteiger partial charge in [0, 0.05) is 17.2 Å². The number of aromatic nitrogens is 1. The van der Waals surface area contributed by atoms with E-state index in [-0.39, 0.29) is 18.5 Å². The molecule has 0 aromatic carbocycles. The maximum absolute atomic E-state index is 14.0. The average Bonchev–Trinajstić information content (AvgIpc) is 2.35. The van der Waals surface area contributed by atoms with Gasteiger partial charge >= 0.3 is 0 Å². The lowest BCUT2D eigenvalue weighted by Gasteiger charge is -2.42. The highest BCUT2D eigenvalue weighted by atomic mass is 19.1. The molecule has 2 rings (SSSR count). The second-order valence-corrected chi connectivity index (χ2v) is 5.37. The number of carbonyl (C=O) groups is 1. The number of halogens is 1. The van der Waals surface area contributed by atoms with E-state index in [1.54, 1.807) is 13.0 Å². The van der Waals surface area contributed by atoms with Gasteiger partial charge in [-0.15, -0.1) is 0 Å². The number of carbonyl (C=O) groups excluding carboxylic acids is 1. The smallest absolute Gasteiger partial charge is 0.146 e. The Morgan fingerprint density at radius 2 is 2.32 bits per heavy atom. The zero-order valence-corrected chi connectivity index (χ0v) is 11.4. The summed E-state index contributed by atoms with van der Waals surface area (Å²) in [7, 11) is 0. The third kappa shape index (κ3) is 2.53. The topological polar surface area (TPSA) is 65.2 Å². The molecule has 0 aliphatic carbocycles. The zero-order chi connectivity index (χ0) is 14.2. The van der Waals surface area contributed by atoms with Crippen LogP contribution in [0.15, 0.2) is 12.3 Å². The first-order chi connectivity index (χ1) is 8.84. The molecule has 19 heavy (non-hydrogen) atoms. The summed E-state index contributed by atoms with van der Waals surface area (Å²) in [6.45, 7) is 5.29. The van der Waals surface area contributed by atoms with Crippen LogP contribution in [0.4, 0.5) is 4.39 Å². The van der Waals surface area contributed by atoms with Crippen molar-refractivity contribution in [3.63, 3.8) is 0 Å². The van der Waals surface area contributed by atoms with E-state index in [0.717, 1.165) is 6.20 Å². The molecule has 0 radical (unpaired) electrons. The molecule has 0 bridgehead atoms. The lowest BCUT2D eigenvalue weighted by atomic mass is 9.73. The SMILES string of the molecule is CC(=O)[C@@H]1C[C@H](C)OC[C@@]1(N)c1cc(C)ncc1F. The number of rotatable bonds is 2. The van der Waals surface area contributed by atoms with Crippen molar-refractivity contribution in [1.82, 2.24) is 4.98 Å². The molecule has 104 valence electrons. The van der Waals surface area contributed by atoms with Crippen LogP contribution in [0.25, 0.3) is 0 Å². The average molecular weight is 266 g/mol. The molecule has 1 aromatic heterocycles. The molecule has 0 spiro atoms. The van der Waals surface area contributed by atoms with Gasteiger partial charge in [0.1, 0.15) is 11.6 Å². The minimum absolute atomic E-state index is 0.0356. The summed E-state index contributed by atoms with van der Waals surface area (Å²) >= 11 is 0. The van der Waals surface area contributed by atoms with Crippen LogP contribution in [0.1, 0.15) is 31.5 Å². The Balaban J connectivity index is 2.49. The predicted molar refractivity (Wildman–Crippen MR) is 69.0 cm³/mol. The quantitative estimate of drug-likeness (QED) is 0.884. The highest BCUT2D eigenvalue weighted by molar-refractivity contribution is 5.80. The molecule has 1 aliphatic heterocycles. The molecular weight excluding hydrogens is 247 g/mol.